The monoisotopic (exact) mass is 323 g/mol. The predicted octanol–water partition coefficient (Wildman–Crippen LogP) is 2.20. The summed E-state index contributed by atoms with van der Waals surface area (Å²) in [6.45, 7) is 0.150. The van der Waals surface area contributed by atoms with Crippen molar-refractivity contribution in [1.82, 2.24) is 0 Å². The molecule has 0 saturated carbocycles. The summed E-state index contributed by atoms with van der Waals surface area (Å²) >= 11 is 0. The lowest BCUT2D eigenvalue weighted by Gasteiger charge is -2.19. The molecule has 1 unspecified atom stereocenters. The molecule has 1 fully saturated rings. The Morgan fingerprint density at radius 1 is 1.18 bits per heavy atom. The van der Waals surface area contributed by atoms with E-state index in [1.54, 1.807) is 36.4 Å². The van der Waals surface area contributed by atoms with Crippen LogP contribution in [0.15, 0.2) is 36.4 Å². The molecule has 2 aromatic carbocycles. The average Bonchev–Trinajstić information content (AvgIpc) is 2.77. The number of nitrogens with zero attached hydrogens (tertiary/aromatic N) is 1. The Balaban J connectivity index is 1.98. The minimum atomic E-state index is -4.60. The van der Waals surface area contributed by atoms with E-state index < -0.39 is 21.9 Å². The lowest BCUT2D eigenvalue weighted by atomic mass is 10.1. The van der Waals surface area contributed by atoms with Crippen molar-refractivity contribution in [2.45, 2.75) is 6.42 Å². The summed E-state index contributed by atoms with van der Waals surface area (Å²) < 4.78 is 34.3. The van der Waals surface area contributed by atoms with Crippen molar-refractivity contribution in [3.05, 3.63) is 36.4 Å². The average molecular weight is 323 g/mol. The van der Waals surface area contributed by atoms with E-state index in [9.17, 15) is 22.2 Å². The largest absolute Gasteiger partial charge is 0.507 e. The van der Waals surface area contributed by atoms with Gasteiger partial charge in [0.05, 0.1) is 11.4 Å². The van der Waals surface area contributed by atoms with Crippen LogP contribution in [0.3, 0.4) is 0 Å². The number of rotatable bonds is 3. The standard InChI is InChI=1S/C15H14FNO4S/c16-22(20,21)9-10-7-15(19)17(8-10)13-5-1-4-12-11(13)3-2-6-14(12)18/h1-6,10,18H,7-9H2. The lowest BCUT2D eigenvalue weighted by molar-refractivity contribution is -0.117. The normalized spacial score (nSPS) is 19.0. The third kappa shape index (κ3) is 2.76. The van der Waals surface area contributed by atoms with Gasteiger partial charge >= 0.3 is 10.2 Å². The van der Waals surface area contributed by atoms with Crippen LogP contribution in [-0.2, 0) is 15.0 Å². The molecular weight excluding hydrogens is 309 g/mol. The highest BCUT2D eigenvalue weighted by molar-refractivity contribution is 7.86. The first-order chi connectivity index (χ1) is 10.3. The third-order valence-electron chi connectivity index (χ3n) is 3.81. The lowest BCUT2D eigenvalue weighted by Crippen LogP contribution is -2.25. The van der Waals surface area contributed by atoms with Gasteiger partial charge in [-0.1, -0.05) is 24.3 Å². The molecule has 0 spiro atoms. The van der Waals surface area contributed by atoms with Crippen LogP contribution in [0.2, 0.25) is 0 Å². The van der Waals surface area contributed by atoms with Gasteiger partial charge in [0.1, 0.15) is 5.75 Å². The Bertz CT molecular complexity index is 850. The van der Waals surface area contributed by atoms with Gasteiger partial charge in [-0.2, -0.15) is 8.42 Å². The van der Waals surface area contributed by atoms with Crippen LogP contribution < -0.4 is 4.90 Å². The molecule has 1 saturated heterocycles. The molecule has 1 aliphatic rings. The first-order valence-electron chi connectivity index (χ1n) is 6.78. The SMILES string of the molecule is O=C1CC(CS(=O)(=O)F)CN1c1cccc2c(O)cccc12. The number of fused-ring (bicyclic) bond motifs is 1. The van der Waals surface area contributed by atoms with Gasteiger partial charge in [0.25, 0.3) is 0 Å². The maximum atomic E-state index is 12.8. The molecule has 0 aromatic heterocycles. The number of benzene rings is 2. The van der Waals surface area contributed by atoms with Gasteiger partial charge in [-0.15, -0.1) is 3.89 Å². The van der Waals surface area contributed by atoms with Crippen LogP contribution in [0.1, 0.15) is 6.42 Å². The quantitative estimate of drug-likeness (QED) is 0.879. The van der Waals surface area contributed by atoms with E-state index in [1.165, 1.54) is 4.90 Å². The summed E-state index contributed by atoms with van der Waals surface area (Å²) in [6.07, 6.45) is -0.00163. The number of phenols is 1. The van der Waals surface area contributed by atoms with E-state index in [1.807, 2.05) is 0 Å². The van der Waals surface area contributed by atoms with Crippen LogP contribution in [0.25, 0.3) is 10.8 Å². The van der Waals surface area contributed by atoms with Crippen molar-refractivity contribution in [3.63, 3.8) is 0 Å². The molecule has 1 heterocycles. The number of phenolic OH excluding ortho intramolecular Hbond substituents is 1. The molecule has 3 rings (SSSR count). The number of amides is 1. The molecule has 7 heteroatoms. The zero-order valence-electron chi connectivity index (χ0n) is 11.6. The molecule has 0 radical (unpaired) electrons. The summed E-state index contributed by atoms with van der Waals surface area (Å²) in [6, 6.07) is 10.2. The molecule has 116 valence electrons. The fourth-order valence-electron chi connectivity index (χ4n) is 2.92. The van der Waals surface area contributed by atoms with Crippen molar-refractivity contribution >= 4 is 32.6 Å². The summed E-state index contributed by atoms with van der Waals surface area (Å²) in [5, 5.41) is 11.2. The van der Waals surface area contributed by atoms with E-state index in [0.29, 0.717) is 16.5 Å². The smallest absolute Gasteiger partial charge is 0.302 e. The second kappa shape index (κ2) is 5.24. The maximum Gasteiger partial charge on any atom is 0.302 e. The Labute approximate surface area is 127 Å². The summed E-state index contributed by atoms with van der Waals surface area (Å²) in [4.78, 5) is 13.6. The van der Waals surface area contributed by atoms with E-state index in [4.69, 9.17) is 0 Å². The number of carbonyl (C=O) groups excluding carboxylic acids is 1. The van der Waals surface area contributed by atoms with E-state index in [-0.39, 0.29) is 24.6 Å². The molecule has 0 aliphatic carbocycles. The van der Waals surface area contributed by atoms with Crippen LogP contribution in [0.5, 0.6) is 5.75 Å². The van der Waals surface area contributed by atoms with Gasteiger partial charge in [0, 0.05) is 29.7 Å². The molecular formula is C15H14FNO4S. The zero-order valence-corrected chi connectivity index (χ0v) is 12.4. The summed E-state index contributed by atoms with van der Waals surface area (Å²) in [7, 11) is -4.60. The first kappa shape index (κ1) is 14.8. The highest BCUT2D eigenvalue weighted by Crippen LogP contribution is 2.35. The number of carbonyl (C=O) groups is 1. The summed E-state index contributed by atoms with van der Waals surface area (Å²) in [5.41, 5.74) is 0.595. The minimum Gasteiger partial charge on any atom is -0.507 e. The molecule has 5 nitrogen and oxygen atoms in total. The first-order valence-corrected chi connectivity index (χ1v) is 8.34. The Morgan fingerprint density at radius 2 is 1.86 bits per heavy atom. The van der Waals surface area contributed by atoms with Crippen molar-refractivity contribution in [2.24, 2.45) is 5.92 Å². The topological polar surface area (TPSA) is 74.7 Å². The van der Waals surface area contributed by atoms with Gasteiger partial charge in [-0.25, -0.2) is 0 Å². The second-order valence-electron chi connectivity index (χ2n) is 5.43. The molecule has 1 atom stereocenters. The van der Waals surface area contributed by atoms with Crippen LogP contribution in [0.4, 0.5) is 9.57 Å². The van der Waals surface area contributed by atoms with Gasteiger partial charge in [0.15, 0.2) is 0 Å². The van der Waals surface area contributed by atoms with Crippen LogP contribution in [-0.4, -0.2) is 31.7 Å². The van der Waals surface area contributed by atoms with Gasteiger partial charge in [0.2, 0.25) is 5.91 Å². The fourth-order valence-corrected chi connectivity index (χ4v) is 3.71. The van der Waals surface area contributed by atoms with Crippen molar-refractivity contribution in [3.8, 4) is 5.75 Å². The Hall–Kier alpha value is -2.15. The highest BCUT2D eigenvalue weighted by atomic mass is 32.3. The van der Waals surface area contributed by atoms with Crippen LogP contribution >= 0.6 is 0 Å². The number of hydrogen-bond acceptors (Lipinski definition) is 4. The van der Waals surface area contributed by atoms with E-state index >= 15 is 0 Å². The van der Waals surface area contributed by atoms with Gasteiger partial charge in [-0.3, -0.25) is 4.79 Å². The molecule has 1 N–H and O–H groups in total. The number of hydrogen-bond donors (Lipinski definition) is 1. The molecule has 1 aliphatic heterocycles. The third-order valence-corrected chi connectivity index (χ3v) is 4.68. The van der Waals surface area contributed by atoms with Crippen molar-refractivity contribution in [1.29, 1.82) is 0 Å². The predicted molar refractivity (Wildman–Crippen MR) is 81.0 cm³/mol. The summed E-state index contributed by atoms with van der Waals surface area (Å²) in [5.74, 6) is -1.35. The maximum absolute atomic E-state index is 12.8. The molecule has 1 amide bonds. The Morgan fingerprint density at radius 3 is 2.59 bits per heavy atom. The molecule has 22 heavy (non-hydrogen) atoms. The van der Waals surface area contributed by atoms with Crippen LogP contribution in [0, 0.1) is 5.92 Å². The van der Waals surface area contributed by atoms with Gasteiger partial charge < -0.3 is 10.0 Å². The Kier molecular flexibility index (Phi) is 3.52. The fraction of sp³-hybridized carbons (Fsp3) is 0.267. The minimum absolute atomic E-state index is 0.00163. The number of anilines is 1. The highest BCUT2D eigenvalue weighted by Gasteiger charge is 2.34. The van der Waals surface area contributed by atoms with Crippen molar-refractivity contribution in [2.75, 3.05) is 17.2 Å². The van der Waals surface area contributed by atoms with E-state index in [0.717, 1.165) is 0 Å². The zero-order chi connectivity index (χ0) is 15.9. The molecule has 2 aromatic rings. The second-order valence-corrected chi connectivity index (χ2v) is 6.84. The van der Waals surface area contributed by atoms with Crippen molar-refractivity contribution < 1.29 is 22.2 Å². The molecule has 0 bridgehead atoms. The number of aromatic hydroxyl groups is 1. The number of halogens is 1. The van der Waals surface area contributed by atoms with Gasteiger partial charge in [-0.05, 0) is 12.1 Å². The van der Waals surface area contributed by atoms with E-state index in [2.05, 4.69) is 0 Å².